The lowest BCUT2D eigenvalue weighted by Crippen LogP contribution is -2.52. The molecule has 0 aromatic carbocycles. The third kappa shape index (κ3) is 9.60. The monoisotopic (exact) mass is 469 g/mol. The van der Waals surface area contributed by atoms with Crippen molar-refractivity contribution in [1.29, 1.82) is 0 Å². The predicted octanol–water partition coefficient (Wildman–Crippen LogP) is 1.04. The number of amides is 1. The number of rotatable bonds is 8. The zero-order valence-electron chi connectivity index (χ0n) is 16.4. The van der Waals surface area contributed by atoms with Gasteiger partial charge in [0.2, 0.25) is 5.91 Å². The summed E-state index contributed by atoms with van der Waals surface area (Å²) in [6, 6.07) is 0. The summed E-state index contributed by atoms with van der Waals surface area (Å²) in [5.41, 5.74) is -0.00199. The molecular formula is C17H36IN5O2. The Morgan fingerprint density at radius 1 is 1.16 bits per heavy atom. The van der Waals surface area contributed by atoms with Crippen molar-refractivity contribution in [3.05, 3.63) is 0 Å². The Kier molecular flexibility index (Phi) is 12.4. The summed E-state index contributed by atoms with van der Waals surface area (Å²) in [5.74, 6) is 0.881. The molecule has 0 aliphatic carbocycles. The second-order valence-corrected chi connectivity index (χ2v) is 6.98. The van der Waals surface area contributed by atoms with Crippen LogP contribution in [-0.4, -0.2) is 74.8 Å². The molecule has 25 heavy (non-hydrogen) atoms. The Labute approximate surface area is 169 Å². The fourth-order valence-corrected chi connectivity index (χ4v) is 2.45. The Morgan fingerprint density at radius 3 is 2.32 bits per heavy atom. The van der Waals surface area contributed by atoms with E-state index in [-0.39, 0.29) is 41.3 Å². The fraction of sp³-hybridized carbons (Fsp3) is 0.882. The lowest BCUT2D eigenvalue weighted by molar-refractivity contribution is -0.123. The lowest BCUT2D eigenvalue weighted by Gasteiger charge is -2.39. The molecule has 1 saturated heterocycles. The molecule has 0 unspecified atom stereocenters. The molecule has 0 aromatic rings. The Morgan fingerprint density at radius 2 is 1.76 bits per heavy atom. The molecule has 0 spiro atoms. The maximum atomic E-state index is 11.5. The molecular weight excluding hydrogens is 433 g/mol. The average Bonchev–Trinajstić information content (AvgIpc) is 2.56. The van der Waals surface area contributed by atoms with Crippen molar-refractivity contribution in [2.45, 2.75) is 40.2 Å². The lowest BCUT2D eigenvalue weighted by atomic mass is 10.0. The summed E-state index contributed by atoms with van der Waals surface area (Å²) in [7, 11) is 0. The van der Waals surface area contributed by atoms with E-state index >= 15 is 0 Å². The first kappa shape index (κ1) is 24.4. The first-order valence-corrected chi connectivity index (χ1v) is 8.99. The number of nitrogens with zero attached hydrogens (tertiary/aromatic N) is 2. The van der Waals surface area contributed by atoms with Gasteiger partial charge in [-0.2, -0.15) is 0 Å². The van der Waals surface area contributed by atoms with Crippen molar-refractivity contribution < 1.29 is 9.53 Å². The van der Waals surface area contributed by atoms with E-state index in [1.165, 1.54) is 0 Å². The topological polar surface area (TPSA) is 78.0 Å². The van der Waals surface area contributed by atoms with Gasteiger partial charge in [-0.1, -0.05) is 13.8 Å². The highest BCUT2D eigenvalue weighted by molar-refractivity contribution is 14.0. The van der Waals surface area contributed by atoms with Crippen LogP contribution in [0.5, 0.6) is 0 Å². The van der Waals surface area contributed by atoms with Gasteiger partial charge in [0.15, 0.2) is 5.96 Å². The molecule has 7 nitrogen and oxygen atoms in total. The third-order valence-corrected chi connectivity index (χ3v) is 4.08. The highest BCUT2D eigenvalue weighted by atomic mass is 127. The number of guanidine groups is 1. The number of carbonyl (C=O) groups excluding carboxylic acids is 1. The average molecular weight is 469 g/mol. The smallest absolute Gasteiger partial charge is 0.222 e. The molecule has 0 saturated carbocycles. The van der Waals surface area contributed by atoms with Gasteiger partial charge in [-0.3, -0.25) is 14.7 Å². The van der Waals surface area contributed by atoms with Crippen molar-refractivity contribution in [2.75, 3.05) is 52.5 Å². The maximum absolute atomic E-state index is 11.5. The van der Waals surface area contributed by atoms with E-state index in [4.69, 9.17) is 9.73 Å². The quantitative estimate of drug-likeness (QED) is 0.214. The minimum atomic E-state index is -0.00199. The molecule has 0 atom stereocenters. The molecule has 1 heterocycles. The van der Waals surface area contributed by atoms with Crippen molar-refractivity contribution in [3.63, 3.8) is 0 Å². The molecule has 0 bridgehead atoms. The van der Waals surface area contributed by atoms with Gasteiger partial charge in [0, 0.05) is 44.2 Å². The molecule has 1 aliphatic rings. The number of hydrogen-bond donors (Lipinski definition) is 3. The predicted molar refractivity (Wildman–Crippen MR) is 114 cm³/mol. The zero-order valence-corrected chi connectivity index (χ0v) is 18.7. The second kappa shape index (κ2) is 12.7. The van der Waals surface area contributed by atoms with Gasteiger partial charge in [-0.25, -0.2) is 0 Å². The standard InChI is InChI=1S/C17H35N5O2.HI/c1-6-18-16(20-8-7-19-15(23)14(2)3)21-13-17(4,5)22-9-11-24-12-10-22;/h14H,6-13H2,1-5H3,(H,19,23)(H2,18,20,21);1H. The van der Waals surface area contributed by atoms with Gasteiger partial charge < -0.3 is 20.7 Å². The summed E-state index contributed by atoms with van der Waals surface area (Å²) in [6.07, 6.45) is 0. The molecule has 1 aliphatic heterocycles. The van der Waals surface area contributed by atoms with Gasteiger partial charge in [-0.15, -0.1) is 24.0 Å². The van der Waals surface area contributed by atoms with Crippen molar-refractivity contribution in [2.24, 2.45) is 10.9 Å². The highest BCUT2D eigenvalue weighted by Gasteiger charge is 2.28. The van der Waals surface area contributed by atoms with E-state index < -0.39 is 0 Å². The number of carbonyl (C=O) groups is 1. The zero-order chi connectivity index (χ0) is 18.0. The van der Waals surface area contributed by atoms with E-state index in [2.05, 4.69) is 34.7 Å². The number of hydrogen-bond acceptors (Lipinski definition) is 4. The maximum Gasteiger partial charge on any atom is 0.222 e. The van der Waals surface area contributed by atoms with Crippen LogP contribution in [0.15, 0.2) is 4.99 Å². The minimum absolute atomic E-state index is 0. The normalized spacial score (nSPS) is 16.3. The Bertz CT molecular complexity index is 410. The number of halogens is 1. The van der Waals surface area contributed by atoms with Crippen LogP contribution in [-0.2, 0) is 9.53 Å². The summed E-state index contributed by atoms with van der Waals surface area (Å²) in [6.45, 7) is 16.5. The van der Waals surface area contributed by atoms with Crippen LogP contribution >= 0.6 is 24.0 Å². The molecule has 1 fully saturated rings. The van der Waals surface area contributed by atoms with Crippen LogP contribution < -0.4 is 16.0 Å². The van der Waals surface area contributed by atoms with Gasteiger partial charge in [-0.05, 0) is 20.8 Å². The van der Waals surface area contributed by atoms with Crippen LogP contribution in [0.2, 0.25) is 0 Å². The van der Waals surface area contributed by atoms with Gasteiger partial charge in [0.25, 0.3) is 0 Å². The number of aliphatic imine (C=N–C) groups is 1. The molecule has 0 aromatic heterocycles. The van der Waals surface area contributed by atoms with Crippen molar-refractivity contribution >= 4 is 35.8 Å². The third-order valence-electron chi connectivity index (χ3n) is 4.08. The van der Waals surface area contributed by atoms with E-state index in [1.807, 2.05) is 20.8 Å². The SMILES string of the molecule is CCNC(=NCC(C)(C)N1CCOCC1)NCCNC(=O)C(C)C.I. The first-order valence-electron chi connectivity index (χ1n) is 8.99. The Balaban J connectivity index is 0.00000576. The second-order valence-electron chi connectivity index (χ2n) is 6.98. The highest BCUT2D eigenvalue weighted by Crippen LogP contribution is 2.16. The van der Waals surface area contributed by atoms with Crippen LogP contribution in [0.3, 0.4) is 0 Å². The number of ether oxygens (including phenoxy) is 1. The van der Waals surface area contributed by atoms with E-state index in [9.17, 15) is 4.79 Å². The van der Waals surface area contributed by atoms with Gasteiger partial charge in [0.05, 0.1) is 19.8 Å². The van der Waals surface area contributed by atoms with Crippen LogP contribution in [0.4, 0.5) is 0 Å². The van der Waals surface area contributed by atoms with Gasteiger partial charge in [0.1, 0.15) is 0 Å². The van der Waals surface area contributed by atoms with E-state index in [0.29, 0.717) is 19.6 Å². The minimum Gasteiger partial charge on any atom is -0.379 e. The van der Waals surface area contributed by atoms with Crippen molar-refractivity contribution in [3.8, 4) is 0 Å². The van der Waals surface area contributed by atoms with Crippen molar-refractivity contribution in [1.82, 2.24) is 20.9 Å². The van der Waals surface area contributed by atoms with E-state index in [0.717, 1.165) is 38.8 Å². The van der Waals surface area contributed by atoms with Crippen LogP contribution in [0, 0.1) is 5.92 Å². The molecule has 0 radical (unpaired) electrons. The largest absolute Gasteiger partial charge is 0.379 e. The van der Waals surface area contributed by atoms with Crippen LogP contribution in [0.25, 0.3) is 0 Å². The fourth-order valence-electron chi connectivity index (χ4n) is 2.45. The summed E-state index contributed by atoms with van der Waals surface area (Å²) < 4.78 is 5.42. The summed E-state index contributed by atoms with van der Waals surface area (Å²) >= 11 is 0. The number of morpholine rings is 1. The van der Waals surface area contributed by atoms with Gasteiger partial charge >= 0.3 is 0 Å². The van der Waals surface area contributed by atoms with Crippen LogP contribution in [0.1, 0.15) is 34.6 Å². The molecule has 8 heteroatoms. The molecule has 148 valence electrons. The first-order chi connectivity index (χ1) is 11.4. The number of nitrogens with one attached hydrogen (secondary N) is 3. The molecule has 3 N–H and O–H groups in total. The Hall–Kier alpha value is -0.610. The summed E-state index contributed by atoms with van der Waals surface area (Å²) in [4.78, 5) is 18.7. The molecule has 1 amide bonds. The van der Waals surface area contributed by atoms with E-state index in [1.54, 1.807) is 0 Å². The molecule has 1 rings (SSSR count). The summed E-state index contributed by atoms with van der Waals surface area (Å²) in [5, 5.41) is 9.42.